The molecular formula is C25H22FN3OS. The van der Waals surface area contributed by atoms with E-state index in [0.717, 1.165) is 11.1 Å². The molecule has 0 aliphatic heterocycles. The molecule has 0 fully saturated rings. The topological polar surface area (TPSA) is 47.8 Å². The van der Waals surface area contributed by atoms with Crippen LogP contribution in [-0.4, -0.2) is 25.8 Å². The third kappa shape index (κ3) is 4.75. The van der Waals surface area contributed by atoms with Gasteiger partial charge in [-0.25, -0.2) is 4.39 Å². The van der Waals surface area contributed by atoms with Crippen molar-refractivity contribution >= 4 is 17.5 Å². The monoisotopic (exact) mass is 431 g/mol. The number of halogens is 1. The van der Waals surface area contributed by atoms with Gasteiger partial charge in [0.2, 0.25) is 0 Å². The summed E-state index contributed by atoms with van der Waals surface area (Å²) in [5.41, 5.74) is 3.19. The van der Waals surface area contributed by atoms with Crippen molar-refractivity contribution in [1.82, 2.24) is 14.8 Å². The molecule has 4 aromatic rings. The van der Waals surface area contributed by atoms with Gasteiger partial charge in [0.05, 0.1) is 17.4 Å². The second-order valence-electron chi connectivity index (χ2n) is 7.35. The fourth-order valence-electron chi connectivity index (χ4n) is 3.29. The van der Waals surface area contributed by atoms with E-state index in [0.29, 0.717) is 28.7 Å². The van der Waals surface area contributed by atoms with Gasteiger partial charge in [-0.1, -0.05) is 84.1 Å². The Bertz CT molecular complexity index is 1190. The molecular weight excluding hydrogens is 409 g/mol. The lowest BCUT2D eigenvalue weighted by molar-refractivity contribution is 0.0994. The van der Waals surface area contributed by atoms with Crippen molar-refractivity contribution in [2.24, 2.45) is 0 Å². The summed E-state index contributed by atoms with van der Waals surface area (Å²) in [6, 6.07) is 23.9. The van der Waals surface area contributed by atoms with Crippen LogP contribution in [0.4, 0.5) is 4.39 Å². The van der Waals surface area contributed by atoms with Crippen LogP contribution in [0.3, 0.4) is 0 Å². The van der Waals surface area contributed by atoms with Crippen LogP contribution in [0.5, 0.6) is 0 Å². The van der Waals surface area contributed by atoms with Crippen LogP contribution in [0, 0.1) is 12.7 Å². The van der Waals surface area contributed by atoms with E-state index in [1.807, 2.05) is 73.0 Å². The molecule has 0 N–H and O–H groups in total. The first kappa shape index (κ1) is 21.0. The fraction of sp³-hybridized carbons (Fsp3) is 0.160. The smallest absolute Gasteiger partial charge is 0.192 e. The Balaban J connectivity index is 1.67. The summed E-state index contributed by atoms with van der Waals surface area (Å²) in [4.78, 5) is 12.9. The number of aromatic nitrogens is 3. The molecule has 0 amide bonds. The summed E-state index contributed by atoms with van der Waals surface area (Å²) in [7, 11) is 0. The van der Waals surface area contributed by atoms with Gasteiger partial charge in [0.15, 0.2) is 16.8 Å². The zero-order chi connectivity index (χ0) is 21.8. The molecule has 31 heavy (non-hydrogen) atoms. The molecule has 0 saturated carbocycles. The van der Waals surface area contributed by atoms with Crippen LogP contribution in [-0.2, 0) is 6.54 Å². The highest BCUT2D eigenvalue weighted by atomic mass is 32.2. The number of carbonyl (C=O) groups is 1. The summed E-state index contributed by atoms with van der Waals surface area (Å²) in [5, 5.41) is 8.81. The minimum Gasteiger partial charge on any atom is -0.297 e. The highest BCUT2D eigenvalue weighted by Crippen LogP contribution is 2.30. The Morgan fingerprint density at radius 1 is 0.968 bits per heavy atom. The maximum absolute atomic E-state index is 14.5. The summed E-state index contributed by atoms with van der Waals surface area (Å²) in [5.74, 6) is 0.107. The Morgan fingerprint density at radius 3 is 2.35 bits per heavy atom. The molecule has 3 aromatic carbocycles. The molecule has 156 valence electrons. The predicted octanol–water partition coefficient (Wildman–Crippen LogP) is 5.80. The van der Waals surface area contributed by atoms with Crippen LogP contribution in [0.2, 0.25) is 0 Å². The zero-order valence-electron chi connectivity index (χ0n) is 17.3. The number of benzene rings is 3. The first-order valence-corrected chi connectivity index (χ1v) is 10.9. The Kier molecular flexibility index (Phi) is 6.28. The van der Waals surface area contributed by atoms with Crippen molar-refractivity contribution in [3.05, 3.63) is 101 Å². The van der Waals surface area contributed by atoms with Gasteiger partial charge in [0.25, 0.3) is 0 Å². The van der Waals surface area contributed by atoms with Crippen LogP contribution >= 0.6 is 11.8 Å². The highest BCUT2D eigenvalue weighted by Gasteiger charge is 2.23. The van der Waals surface area contributed by atoms with Crippen molar-refractivity contribution in [3.8, 4) is 11.4 Å². The molecule has 0 aliphatic rings. The first-order chi connectivity index (χ1) is 15.0. The molecule has 6 heteroatoms. The largest absolute Gasteiger partial charge is 0.297 e. The van der Waals surface area contributed by atoms with Gasteiger partial charge in [-0.3, -0.25) is 9.36 Å². The van der Waals surface area contributed by atoms with E-state index < -0.39 is 0 Å². The van der Waals surface area contributed by atoms with Crippen molar-refractivity contribution in [3.63, 3.8) is 0 Å². The summed E-state index contributed by atoms with van der Waals surface area (Å²) in [6.45, 7) is 4.32. The average Bonchev–Trinajstić information content (AvgIpc) is 3.16. The molecule has 0 spiro atoms. The summed E-state index contributed by atoms with van der Waals surface area (Å²) < 4.78 is 16.4. The van der Waals surface area contributed by atoms with Crippen molar-refractivity contribution in [2.75, 3.05) is 0 Å². The number of aryl methyl sites for hydroxylation is 1. The van der Waals surface area contributed by atoms with Gasteiger partial charge in [-0.2, -0.15) is 0 Å². The maximum atomic E-state index is 14.5. The van der Waals surface area contributed by atoms with Crippen molar-refractivity contribution < 1.29 is 9.18 Å². The second-order valence-corrected chi connectivity index (χ2v) is 8.66. The van der Waals surface area contributed by atoms with Gasteiger partial charge in [0.1, 0.15) is 5.82 Å². The van der Waals surface area contributed by atoms with Gasteiger partial charge in [0, 0.05) is 5.56 Å². The lowest BCUT2D eigenvalue weighted by atomic mass is 10.1. The maximum Gasteiger partial charge on any atom is 0.192 e. The average molecular weight is 432 g/mol. The first-order valence-electron chi connectivity index (χ1n) is 10.0. The minimum absolute atomic E-state index is 0.0201. The van der Waals surface area contributed by atoms with E-state index >= 15 is 0 Å². The number of carbonyl (C=O) groups excluding carboxylic acids is 1. The van der Waals surface area contributed by atoms with E-state index in [1.165, 1.54) is 17.8 Å². The SMILES string of the molecule is Cc1ccc(C(=O)C(C)Sc2nnc(-c3ccccc3F)n2Cc2ccccc2)cc1. The molecule has 1 aromatic heterocycles. The van der Waals surface area contributed by atoms with E-state index in [1.54, 1.807) is 18.2 Å². The summed E-state index contributed by atoms with van der Waals surface area (Å²) in [6.07, 6.45) is 0. The standard InChI is InChI=1S/C25H22FN3OS/c1-17-12-14-20(15-13-17)23(30)18(2)31-25-28-27-24(21-10-6-7-11-22(21)26)29(25)16-19-8-4-3-5-9-19/h3-15,18H,16H2,1-2H3. The van der Waals surface area contributed by atoms with E-state index in [4.69, 9.17) is 0 Å². The Hall–Kier alpha value is -3.25. The van der Waals surface area contributed by atoms with Crippen LogP contribution in [0.15, 0.2) is 84.0 Å². The molecule has 0 bridgehead atoms. The number of hydrogen-bond donors (Lipinski definition) is 0. The number of Topliss-reactive ketones (excluding diaryl/α,β-unsaturated/α-hetero) is 1. The minimum atomic E-state index is -0.366. The molecule has 1 heterocycles. The normalized spacial score (nSPS) is 12.0. The number of hydrogen-bond acceptors (Lipinski definition) is 4. The molecule has 1 unspecified atom stereocenters. The lowest BCUT2D eigenvalue weighted by Crippen LogP contribution is -2.15. The molecule has 0 saturated heterocycles. The molecule has 4 nitrogen and oxygen atoms in total. The number of rotatable bonds is 7. The van der Waals surface area contributed by atoms with Crippen molar-refractivity contribution in [2.45, 2.75) is 30.8 Å². The number of ketones is 1. The van der Waals surface area contributed by atoms with Gasteiger partial charge in [-0.15, -0.1) is 10.2 Å². The zero-order valence-corrected chi connectivity index (χ0v) is 18.1. The van der Waals surface area contributed by atoms with Crippen LogP contribution in [0.1, 0.15) is 28.4 Å². The van der Waals surface area contributed by atoms with Crippen LogP contribution < -0.4 is 0 Å². The Morgan fingerprint density at radius 2 is 1.65 bits per heavy atom. The van der Waals surface area contributed by atoms with Gasteiger partial charge in [-0.05, 0) is 31.5 Å². The Labute approximate surface area is 185 Å². The molecule has 0 aliphatic carbocycles. The third-order valence-electron chi connectivity index (χ3n) is 5.00. The van der Waals surface area contributed by atoms with Crippen molar-refractivity contribution in [1.29, 1.82) is 0 Å². The van der Waals surface area contributed by atoms with Gasteiger partial charge < -0.3 is 0 Å². The second kappa shape index (κ2) is 9.27. The molecule has 0 radical (unpaired) electrons. The third-order valence-corrected chi connectivity index (χ3v) is 6.08. The molecule has 4 rings (SSSR count). The van der Waals surface area contributed by atoms with Crippen LogP contribution in [0.25, 0.3) is 11.4 Å². The highest BCUT2D eigenvalue weighted by molar-refractivity contribution is 8.00. The van der Waals surface area contributed by atoms with E-state index in [2.05, 4.69) is 10.2 Å². The summed E-state index contributed by atoms with van der Waals surface area (Å²) >= 11 is 1.34. The molecule has 1 atom stereocenters. The predicted molar refractivity (Wildman–Crippen MR) is 122 cm³/mol. The quantitative estimate of drug-likeness (QED) is 0.274. The fourth-order valence-corrected chi connectivity index (χ4v) is 4.22. The lowest BCUT2D eigenvalue weighted by Gasteiger charge is -2.14. The van der Waals surface area contributed by atoms with E-state index in [-0.39, 0.29) is 16.9 Å². The van der Waals surface area contributed by atoms with E-state index in [9.17, 15) is 9.18 Å². The van der Waals surface area contributed by atoms with Gasteiger partial charge >= 0.3 is 0 Å². The number of thioether (sulfide) groups is 1. The number of nitrogens with zero attached hydrogens (tertiary/aromatic N) is 3.